The van der Waals surface area contributed by atoms with Crippen LogP contribution >= 0.6 is 0 Å². The van der Waals surface area contributed by atoms with Crippen molar-refractivity contribution in [1.82, 2.24) is 10.5 Å². The molecule has 1 aromatic rings. The van der Waals surface area contributed by atoms with Gasteiger partial charge in [-0.15, -0.1) is 0 Å². The summed E-state index contributed by atoms with van der Waals surface area (Å²) in [5, 5.41) is 7.29. The third-order valence-corrected chi connectivity index (χ3v) is 2.96. The van der Waals surface area contributed by atoms with Crippen LogP contribution in [-0.4, -0.2) is 18.2 Å². The van der Waals surface area contributed by atoms with Crippen LogP contribution in [-0.2, 0) is 0 Å². The van der Waals surface area contributed by atoms with Crippen molar-refractivity contribution in [3.8, 4) is 0 Å². The molecule has 0 atom stereocenters. The molecule has 1 aromatic heterocycles. The molecule has 0 radical (unpaired) electrons. The predicted octanol–water partition coefficient (Wildman–Crippen LogP) is 2.27. The van der Waals surface area contributed by atoms with Crippen LogP contribution in [0.15, 0.2) is 10.7 Å². The van der Waals surface area contributed by atoms with Gasteiger partial charge < -0.3 is 9.84 Å². The number of nitrogens with zero attached hydrogens (tertiary/aromatic N) is 1. The maximum absolute atomic E-state index is 5.39. The Hall–Kier alpha value is -0.830. The average Bonchev–Trinajstić information content (AvgIpc) is 2.67. The molecule has 1 saturated heterocycles. The third-order valence-electron chi connectivity index (χ3n) is 2.96. The van der Waals surface area contributed by atoms with Gasteiger partial charge in [-0.3, -0.25) is 0 Å². The first-order valence-electron chi connectivity index (χ1n) is 5.44. The van der Waals surface area contributed by atoms with Crippen molar-refractivity contribution in [2.45, 2.75) is 38.5 Å². The largest absolute Gasteiger partial charge is 0.361 e. The van der Waals surface area contributed by atoms with Crippen LogP contribution in [0.3, 0.4) is 0 Å². The molecule has 0 amide bonds. The minimum atomic E-state index is 0.520. The zero-order chi connectivity index (χ0) is 9.97. The molecular weight excluding hydrogens is 176 g/mol. The van der Waals surface area contributed by atoms with E-state index in [1.165, 1.54) is 18.4 Å². The van der Waals surface area contributed by atoms with E-state index in [9.17, 15) is 0 Å². The molecule has 14 heavy (non-hydrogen) atoms. The first kappa shape index (κ1) is 9.71. The lowest BCUT2D eigenvalue weighted by molar-refractivity contribution is 0.325. The van der Waals surface area contributed by atoms with Gasteiger partial charge in [0.2, 0.25) is 0 Å². The lowest BCUT2D eigenvalue weighted by Crippen LogP contribution is -2.26. The highest BCUT2D eigenvalue weighted by atomic mass is 16.5. The molecule has 0 bridgehead atoms. The van der Waals surface area contributed by atoms with E-state index in [1.807, 2.05) is 6.20 Å². The molecule has 1 aliphatic rings. The fraction of sp³-hybridized carbons (Fsp3) is 0.727. The van der Waals surface area contributed by atoms with Crippen molar-refractivity contribution in [3.05, 3.63) is 17.5 Å². The van der Waals surface area contributed by atoms with Crippen molar-refractivity contribution in [2.75, 3.05) is 13.1 Å². The number of aromatic nitrogens is 1. The summed E-state index contributed by atoms with van der Waals surface area (Å²) < 4.78 is 5.39. The number of hydrogen-bond acceptors (Lipinski definition) is 3. The molecule has 0 unspecified atom stereocenters. The predicted molar refractivity (Wildman–Crippen MR) is 55.4 cm³/mol. The fourth-order valence-corrected chi connectivity index (χ4v) is 2.08. The monoisotopic (exact) mass is 194 g/mol. The van der Waals surface area contributed by atoms with Gasteiger partial charge in [0, 0.05) is 11.5 Å². The highest BCUT2D eigenvalue weighted by Gasteiger charge is 2.23. The molecule has 78 valence electrons. The van der Waals surface area contributed by atoms with E-state index in [-0.39, 0.29) is 0 Å². The molecule has 1 N–H and O–H groups in total. The SMILES string of the molecule is CC(C)c1cnoc1C1CCNCC1. The van der Waals surface area contributed by atoms with E-state index in [2.05, 4.69) is 24.3 Å². The number of piperidine rings is 1. The maximum Gasteiger partial charge on any atom is 0.143 e. The summed E-state index contributed by atoms with van der Waals surface area (Å²) in [4.78, 5) is 0. The molecule has 3 heteroatoms. The fourth-order valence-electron chi connectivity index (χ4n) is 2.08. The van der Waals surface area contributed by atoms with Crippen LogP contribution < -0.4 is 5.32 Å². The summed E-state index contributed by atoms with van der Waals surface area (Å²) in [5.74, 6) is 2.23. The van der Waals surface area contributed by atoms with Gasteiger partial charge in [0.05, 0.1) is 6.20 Å². The Labute approximate surface area is 84.9 Å². The van der Waals surface area contributed by atoms with Gasteiger partial charge in [-0.1, -0.05) is 19.0 Å². The minimum absolute atomic E-state index is 0.520. The Bertz CT molecular complexity index is 287. The standard InChI is InChI=1S/C11H18N2O/c1-8(2)10-7-13-14-11(10)9-3-5-12-6-4-9/h7-9,12H,3-6H2,1-2H3. The topological polar surface area (TPSA) is 38.1 Å². The van der Waals surface area contributed by atoms with Crippen LogP contribution in [0.2, 0.25) is 0 Å². The van der Waals surface area contributed by atoms with Gasteiger partial charge in [-0.25, -0.2) is 0 Å². The van der Waals surface area contributed by atoms with Gasteiger partial charge in [0.15, 0.2) is 0 Å². The van der Waals surface area contributed by atoms with Gasteiger partial charge in [0.25, 0.3) is 0 Å². The van der Waals surface area contributed by atoms with Crippen LogP contribution in [0.5, 0.6) is 0 Å². The number of rotatable bonds is 2. The molecule has 1 fully saturated rings. The lowest BCUT2D eigenvalue weighted by atomic mass is 9.90. The van der Waals surface area contributed by atoms with Gasteiger partial charge >= 0.3 is 0 Å². The Balaban J connectivity index is 2.17. The second-order valence-electron chi connectivity index (χ2n) is 4.32. The summed E-state index contributed by atoms with van der Waals surface area (Å²) in [6, 6.07) is 0. The lowest BCUT2D eigenvalue weighted by Gasteiger charge is -2.21. The van der Waals surface area contributed by atoms with Crippen LogP contribution in [0, 0.1) is 0 Å². The molecular formula is C11H18N2O. The zero-order valence-electron chi connectivity index (χ0n) is 8.92. The molecule has 0 saturated carbocycles. The Morgan fingerprint density at radius 3 is 2.79 bits per heavy atom. The Morgan fingerprint density at radius 2 is 2.14 bits per heavy atom. The van der Waals surface area contributed by atoms with Gasteiger partial charge in [-0.05, 0) is 31.8 Å². The van der Waals surface area contributed by atoms with Crippen LogP contribution in [0.4, 0.5) is 0 Å². The zero-order valence-corrected chi connectivity index (χ0v) is 8.92. The highest BCUT2D eigenvalue weighted by molar-refractivity contribution is 5.21. The molecule has 1 aliphatic heterocycles. The van der Waals surface area contributed by atoms with E-state index >= 15 is 0 Å². The van der Waals surface area contributed by atoms with Crippen molar-refractivity contribution < 1.29 is 4.52 Å². The summed E-state index contributed by atoms with van der Waals surface area (Å²) in [6.07, 6.45) is 4.23. The smallest absolute Gasteiger partial charge is 0.143 e. The maximum atomic E-state index is 5.39. The molecule has 0 spiro atoms. The Kier molecular flexibility index (Phi) is 2.87. The Morgan fingerprint density at radius 1 is 1.43 bits per heavy atom. The van der Waals surface area contributed by atoms with Gasteiger partial charge in [-0.2, -0.15) is 0 Å². The van der Waals surface area contributed by atoms with E-state index in [1.54, 1.807) is 0 Å². The normalized spacial score (nSPS) is 19.1. The first-order valence-corrected chi connectivity index (χ1v) is 5.44. The van der Waals surface area contributed by atoms with Crippen LogP contribution in [0.25, 0.3) is 0 Å². The first-order chi connectivity index (χ1) is 6.79. The van der Waals surface area contributed by atoms with Crippen molar-refractivity contribution >= 4 is 0 Å². The molecule has 2 rings (SSSR count). The van der Waals surface area contributed by atoms with Crippen LogP contribution in [0.1, 0.15) is 49.8 Å². The molecule has 0 aromatic carbocycles. The third kappa shape index (κ3) is 1.82. The summed E-state index contributed by atoms with van der Waals surface area (Å²) in [5.41, 5.74) is 1.29. The van der Waals surface area contributed by atoms with Crippen molar-refractivity contribution in [3.63, 3.8) is 0 Å². The minimum Gasteiger partial charge on any atom is -0.361 e. The van der Waals surface area contributed by atoms with Crippen molar-refractivity contribution in [1.29, 1.82) is 0 Å². The number of hydrogen-bond donors (Lipinski definition) is 1. The molecule has 3 nitrogen and oxygen atoms in total. The van der Waals surface area contributed by atoms with Gasteiger partial charge in [0.1, 0.15) is 5.76 Å². The van der Waals surface area contributed by atoms with E-state index in [0.717, 1.165) is 18.8 Å². The summed E-state index contributed by atoms with van der Waals surface area (Å²) in [6.45, 7) is 6.58. The van der Waals surface area contributed by atoms with E-state index in [4.69, 9.17) is 4.52 Å². The number of nitrogens with one attached hydrogen (secondary N) is 1. The summed E-state index contributed by atoms with van der Waals surface area (Å²) in [7, 11) is 0. The average molecular weight is 194 g/mol. The quantitative estimate of drug-likeness (QED) is 0.784. The highest BCUT2D eigenvalue weighted by Crippen LogP contribution is 2.31. The second kappa shape index (κ2) is 4.13. The van der Waals surface area contributed by atoms with E-state index < -0.39 is 0 Å². The molecule has 2 heterocycles. The van der Waals surface area contributed by atoms with Crippen molar-refractivity contribution in [2.24, 2.45) is 0 Å². The second-order valence-corrected chi connectivity index (χ2v) is 4.32. The molecule has 0 aliphatic carbocycles. The van der Waals surface area contributed by atoms with E-state index in [0.29, 0.717) is 11.8 Å². The summed E-state index contributed by atoms with van der Waals surface area (Å²) >= 11 is 0.